The van der Waals surface area contributed by atoms with Crippen LogP contribution in [0.25, 0.3) is 0 Å². The minimum absolute atomic E-state index is 0.211. The van der Waals surface area contributed by atoms with Gasteiger partial charge in [-0.05, 0) is 30.6 Å². The molecule has 1 aliphatic heterocycles. The first-order chi connectivity index (χ1) is 9.21. The van der Waals surface area contributed by atoms with Gasteiger partial charge in [-0.2, -0.15) is 0 Å². The number of hydrogen-bond donors (Lipinski definition) is 0. The number of aromatic nitrogens is 1. The van der Waals surface area contributed by atoms with Crippen molar-refractivity contribution in [3.63, 3.8) is 0 Å². The van der Waals surface area contributed by atoms with Crippen molar-refractivity contribution < 1.29 is 8.82 Å². The Balaban J connectivity index is 2.02. The van der Waals surface area contributed by atoms with Gasteiger partial charge in [0.05, 0.1) is 18.0 Å². The lowest BCUT2D eigenvalue weighted by Crippen LogP contribution is -2.44. The molecule has 0 aliphatic carbocycles. The zero-order valence-electron chi connectivity index (χ0n) is 13.1. The Morgan fingerprint density at radius 3 is 2.70 bits per heavy atom. The van der Waals surface area contributed by atoms with E-state index in [1.165, 1.54) is 6.20 Å². The summed E-state index contributed by atoms with van der Waals surface area (Å²) in [6, 6.07) is 1.74. The van der Waals surface area contributed by atoms with Crippen LogP contribution < -0.4 is 4.90 Å². The summed E-state index contributed by atoms with van der Waals surface area (Å²) in [4.78, 5) is 5.87. The summed E-state index contributed by atoms with van der Waals surface area (Å²) in [5.41, 5.74) is 0.640. The van der Waals surface area contributed by atoms with Crippen LogP contribution in [0.2, 0.25) is 18.1 Å². The quantitative estimate of drug-likeness (QED) is 0.793. The number of nitrogens with zero attached hydrogens (tertiary/aromatic N) is 2. The molecule has 1 aromatic heterocycles. The van der Waals surface area contributed by atoms with Crippen LogP contribution in [0.15, 0.2) is 18.5 Å². The molecule has 2 rings (SSSR count). The van der Waals surface area contributed by atoms with Crippen LogP contribution in [0.3, 0.4) is 0 Å². The molecule has 0 spiro atoms. The standard InChI is InChI=1S/C15H25FN2OSi/c1-15(2,3)20(4,5)19-12-7-9-18(11-12)14-6-8-17-10-13(14)16/h6,8,10,12H,7,9,11H2,1-5H3. The number of halogens is 1. The van der Waals surface area contributed by atoms with E-state index in [0.29, 0.717) is 5.69 Å². The van der Waals surface area contributed by atoms with Gasteiger partial charge in [-0.1, -0.05) is 20.8 Å². The molecule has 3 nitrogen and oxygen atoms in total. The van der Waals surface area contributed by atoms with Gasteiger partial charge in [-0.3, -0.25) is 4.98 Å². The Bertz CT molecular complexity index is 473. The number of rotatable bonds is 3. The Hall–Kier alpha value is -0.943. The van der Waals surface area contributed by atoms with Gasteiger partial charge in [0, 0.05) is 19.3 Å². The Kier molecular flexibility index (Phi) is 4.21. The molecular formula is C15H25FN2OSi. The van der Waals surface area contributed by atoms with Crippen molar-refractivity contribution in [2.45, 2.75) is 51.4 Å². The van der Waals surface area contributed by atoms with Crippen LogP contribution in [0.4, 0.5) is 10.1 Å². The fourth-order valence-corrected chi connectivity index (χ4v) is 3.64. The Morgan fingerprint density at radius 2 is 2.10 bits per heavy atom. The predicted octanol–water partition coefficient (Wildman–Crippen LogP) is 3.82. The van der Waals surface area contributed by atoms with Crippen molar-refractivity contribution in [3.8, 4) is 0 Å². The molecule has 0 saturated carbocycles. The molecule has 1 atom stereocenters. The second kappa shape index (κ2) is 5.45. The van der Waals surface area contributed by atoms with Crippen LogP contribution in [0.5, 0.6) is 0 Å². The lowest BCUT2D eigenvalue weighted by atomic mass is 10.2. The highest BCUT2D eigenvalue weighted by Gasteiger charge is 2.40. The molecular weight excluding hydrogens is 271 g/mol. The number of hydrogen-bond acceptors (Lipinski definition) is 3. The van der Waals surface area contributed by atoms with E-state index >= 15 is 0 Å². The lowest BCUT2D eigenvalue weighted by molar-refractivity contribution is 0.202. The zero-order valence-corrected chi connectivity index (χ0v) is 14.1. The van der Waals surface area contributed by atoms with Crippen molar-refractivity contribution >= 4 is 14.0 Å². The van der Waals surface area contributed by atoms with Gasteiger partial charge in [0.25, 0.3) is 0 Å². The smallest absolute Gasteiger partial charge is 0.192 e. The van der Waals surface area contributed by atoms with Crippen molar-refractivity contribution in [3.05, 3.63) is 24.3 Å². The molecule has 1 fully saturated rings. The summed E-state index contributed by atoms with van der Waals surface area (Å²) in [6.45, 7) is 12.9. The second-order valence-electron chi connectivity index (χ2n) is 7.06. The summed E-state index contributed by atoms with van der Waals surface area (Å²) in [5, 5.41) is 0.211. The first-order valence-electron chi connectivity index (χ1n) is 7.23. The SMILES string of the molecule is CC(C)(C)[Si](C)(C)OC1CCN(c2ccncc2F)C1. The Morgan fingerprint density at radius 1 is 1.40 bits per heavy atom. The third-order valence-corrected chi connectivity index (χ3v) is 9.04. The molecule has 20 heavy (non-hydrogen) atoms. The summed E-state index contributed by atoms with van der Waals surface area (Å²) in [7, 11) is -1.75. The maximum Gasteiger partial charge on any atom is 0.192 e. The number of pyridine rings is 1. The summed E-state index contributed by atoms with van der Waals surface area (Å²) >= 11 is 0. The van der Waals surface area contributed by atoms with Gasteiger partial charge in [0.15, 0.2) is 14.1 Å². The minimum Gasteiger partial charge on any atom is -0.412 e. The average molecular weight is 296 g/mol. The highest BCUT2D eigenvalue weighted by Crippen LogP contribution is 2.38. The van der Waals surface area contributed by atoms with E-state index in [0.717, 1.165) is 19.5 Å². The first kappa shape index (κ1) is 15.4. The van der Waals surface area contributed by atoms with E-state index in [9.17, 15) is 4.39 Å². The van der Waals surface area contributed by atoms with Crippen LogP contribution in [0.1, 0.15) is 27.2 Å². The van der Waals surface area contributed by atoms with Gasteiger partial charge >= 0.3 is 0 Å². The molecule has 0 N–H and O–H groups in total. The van der Waals surface area contributed by atoms with Gasteiger partial charge < -0.3 is 9.33 Å². The highest BCUT2D eigenvalue weighted by atomic mass is 28.4. The minimum atomic E-state index is -1.75. The highest BCUT2D eigenvalue weighted by molar-refractivity contribution is 6.74. The molecule has 5 heteroatoms. The normalized spacial score (nSPS) is 20.5. The molecule has 1 unspecified atom stereocenters. The fraction of sp³-hybridized carbons (Fsp3) is 0.667. The summed E-state index contributed by atoms with van der Waals surface area (Å²) < 4.78 is 20.2. The van der Waals surface area contributed by atoms with E-state index in [1.54, 1.807) is 12.3 Å². The monoisotopic (exact) mass is 296 g/mol. The topological polar surface area (TPSA) is 25.4 Å². The molecule has 1 aliphatic rings. The third kappa shape index (κ3) is 3.20. The van der Waals surface area contributed by atoms with Crippen molar-refractivity contribution in [2.75, 3.05) is 18.0 Å². The van der Waals surface area contributed by atoms with Crippen LogP contribution in [0, 0.1) is 5.82 Å². The third-order valence-electron chi connectivity index (χ3n) is 4.50. The molecule has 0 aromatic carbocycles. The fourth-order valence-electron chi connectivity index (χ4n) is 2.26. The van der Waals surface area contributed by atoms with E-state index in [4.69, 9.17) is 4.43 Å². The molecule has 0 radical (unpaired) electrons. The van der Waals surface area contributed by atoms with Crippen LogP contribution in [-0.2, 0) is 4.43 Å². The van der Waals surface area contributed by atoms with Gasteiger partial charge in [-0.25, -0.2) is 4.39 Å². The van der Waals surface area contributed by atoms with E-state index in [-0.39, 0.29) is 17.0 Å². The maximum atomic E-state index is 13.8. The molecule has 1 aromatic rings. The number of anilines is 1. The van der Waals surface area contributed by atoms with E-state index in [1.807, 2.05) is 0 Å². The van der Waals surface area contributed by atoms with Crippen molar-refractivity contribution in [2.24, 2.45) is 0 Å². The van der Waals surface area contributed by atoms with E-state index < -0.39 is 8.32 Å². The predicted molar refractivity (Wildman–Crippen MR) is 83.1 cm³/mol. The zero-order chi connectivity index (χ0) is 15.0. The summed E-state index contributed by atoms with van der Waals surface area (Å²) in [5.74, 6) is -0.250. The molecule has 0 bridgehead atoms. The van der Waals surface area contributed by atoms with Crippen LogP contribution in [-0.4, -0.2) is 32.5 Å². The van der Waals surface area contributed by atoms with E-state index in [2.05, 4.69) is 43.7 Å². The van der Waals surface area contributed by atoms with Crippen molar-refractivity contribution in [1.29, 1.82) is 0 Å². The molecule has 0 amide bonds. The Labute approximate surface area is 122 Å². The lowest BCUT2D eigenvalue weighted by Gasteiger charge is -2.38. The first-order valence-corrected chi connectivity index (χ1v) is 10.1. The molecule has 2 heterocycles. The largest absolute Gasteiger partial charge is 0.412 e. The van der Waals surface area contributed by atoms with Gasteiger partial charge in [-0.15, -0.1) is 0 Å². The van der Waals surface area contributed by atoms with Gasteiger partial charge in [0.1, 0.15) is 0 Å². The van der Waals surface area contributed by atoms with Gasteiger partial charge in [0.2, 0.25) is 0 Å². The average Bonchev–Trinajstić information content (AvgIpc) is 2.75. The van der Waals surface area contributed by atoms with Crippen LogP contribution >= 0.6 is 0 Å². The molecule has 112 valence electrons. The molecule has 1 saturated heterocycles. The summed E-state index contributed by atoms with van der Waals surface area (Å²) in [6.07, 6.45) is 4.09. The maximum absolute atomic E-state index is 13.8. The second-order valence-corrected chi connectivity index (χ2v) is 11.8. The van der Waals surface area contributed by atoms with Crippen molar-refractivity contribution in [1.82, 2.24) is 4.98 Å².